The average molecular weight is 409 g/mol. The van der Waals surface area contributed by atoms with Gasteiger partial charge in [-0.3, -0.25) is 4.99 Å². The molecular weight excluding hydrogens is 384 g/mol. The number of ether oxygens (including phenoxy) is 1. The van der Waals surface area contributed by atoms with Gasteiger partial charge in [-0.05, 0) is 67.5 Å². The summed E-state index contributed by atoms with van der Waals surface area (Å²) >= 11 is 6.26. The van der Waals surface area contributed by atoms with Crippen LogP contribution in [0.3, 0.4) is 0 Å². The Labute approximate surface area is 176 Å². The van der Waals surface area contributed by atoms with Gasteiger partial charge in [-0.2, -0.15) is 0 Å². The Hall–Kier alpha value is -2.37. The van der Waals surface area contributed by atoms with E-state index in [1.807, 2.05) is 24.3 Å². The van der Waals surface area contributed by atoms with Gasteiger partial charge in [0.15, 0.2) is 0 Å². The van der Waals surface area contributed by atoms with Crippen LogP contribution in [-0.2, 0) is 6.54 Å². The molecule has 29 heavy (non-hydrogen) atoms. The summed E-state index contributed by atoms with van der Waals surface area (Å²) in [7, 11) is 0. The monoisotopic (exact) mass is 408 g/mol. The molecule has 0 atom stereocenters. The lowest BCUT2D eigenvalue weighted by Gasteiger charge is -2.38. The van der Waals surface area contributed by atoms with Gasteiger partial charge in [-0.15, -0.1) is 0 Å². The van der Waals surface area contributed by atoms with Gasteiger partial charge in [-0.25, -0.2) is 4.98 Å². The van der Waals surface area contributed by atoms with Crippen LogP contribution in [0.1, 0.15) is 31.2 Å². The summed E-state index contributed by atoms with van der Waals surface area (Å²) in [4.78, 5) is 11.5. The van der Waals surface area contributed by atoms with E-state index < -0.39 is 0 Å². The van der Waals surface area contributed by atoms with E-state index in [2.05, 4.69) is 33.4 Å². The molecule has 0 saturated heterocycles. The first kappa shape index (κ1) is 18.6. The number of allylic oxidation sites excluding steroid dienone is 1. The molecule has 0 amide bonds. The van der Waals surface area contributed by atoms with Gasteiger partial charge in [0.05, 0.1) is 18.8 Å². The number of amidine groups is 1. The summed E-state index contributed by atoms with van der Waals surface area (Å²) in [5, 5.41) is 4.28. The molecule has 6 heteroatoms. The van der Waals surface area contributed by atoms with Crippen LogP contribution in [-0.4, -0.2) is 30.0 Å². The second-order valence-electron chi connectivity index (χ2n) is 7.86. The zero-order valence-electron chi connectivity index (χ0n) is 16.4. The van der Waals surface area contributed by atoms with Crippen LogP contribution >= 0.6 is 11.6 Å². The van der Waals surface area contributed by atoms with E-state index in [0.29, 0.717) is 5.92 Å². The Kier molecular flexibility index (Phi) is 5.25. The molecule has 1 saturated carbocycles. The normalized spacial score (nSPS) is 24.0. The maximum Gasteiger partial charge on any atom is 0.213 e. The fourth-order valence-corrected chi connectivity index (χ4v) is 4.80. The first-order valence-corrected chi connectivity index (χ1v) is 10.8. The number of benzene rings is 1. The lowest BCUT2D eigenvalue weighted by Crippen LogP contribution is -2.41. The van der Waals surface area contributed by atoms with Crippen LogP contribution in [0.15, 0.2) is 59.4 Å². The summed E-state index contributed by atoms with van der Waals surface area (Å²) < 4.78 is 6.09. The zero-order valence-corrected chi connectivity index (χ0v) is 17.1. The minimum Gasteiger partial charge on any atom is -0.474 e. The Morgan fingerprint density at radius 1 is 1.07 bits per heavy atom. The van der Waals surface area contributed by atoms with Crippen molar-refractivity contribution < 1.29 is 4.74 Å². The number of anilines is 1. The van der Waals surface area contributed by atoms with Crippen molar-refractivity contribution in [2.24, 2.45) is 10.9 Å². The molecule has 0 bridgehead atoms. The van der Waals surface area contributed by atoms with Crippen molar-refractivity contribution in [3.63, 3.8) is 0 Å². The van der Waals surface area contributed by atoms with Gasteiger partial charge in [0, 0.05) is 29.5 Å². The molecule has 1 aliphatic carbocycles. The van der Waals surface area contributed by atoms with E-state index in [4.69, 9.17) is 21.3 Å². The molecule has 5 rings (SSSR count). The lowest BCUT2D eigenvalue weighted by atomic mass is 9.84. The number of hydrogen-bond acceptors (Lipinski definition) is 5. The van der Waals surface area contributed by atoms with Crippen molar-refractivity contribution in [3.05, 3.63) is 65.0 Å². The second kappa shape index (κ2) is 8.17. The van der Waals surface area contributed by atoms with Crippen molar-refractivity contribution in [3.8, 4) is 5.88 Å². The predicted molar refractivity (Wildman–Crippen MR) is 117 cm³/mol. The number of hydrogen-bond donors (Lipinski definition) is 1. The Bertz CT molecular complexity index is 935. The Morgan fingerprint density at radius 3 is 2.79 bits per heavy atom. The molecule has 3 heterocycles. The third-order valence-electron chi connectivity index (χ3n) is 5.99. The number of aromatic nitrogens is 1. The molecule has 1 aromatic heterocycles. The van der Waals surface area contributed by atoms with Gasteiger partial charge in [0.1, 0.15) is 11.9 Å². The predicted octanol–water partition coefficient (Wildman–Crippen LogP) is 4.58. The number of nitrogens with one attached hydrogen (secondary N) is 1. The maximum atomic E-state index is 6.26. The van der Waals surface area contributed by atoms with E-state index in [1.165, 1.54) is 16.9 Å². The fourth-order valence-electron chi connectivity index (χ4n) is 4.60. The SMILES string of the molecule is Clc1ccc2c(c1)CNCC1=NCC=C(C3CCC(Oc4ccccn4)CC3)N12. The number of fused-ring (bicyclic) bond motifs is 3. The minimum atomic E-state index is 0.246. The number of aliphatic imine (C=N–C) groups is 1. The highest BCUT2D eigenvalue weighted by molar-refractivity contribution is 6.30. The van der Waals surface area contributed by atoms with Gasteiger partial charge in [0.2, 0.25) is 5.88 Å². The topological polar surface area (TPSA) is 49.8 Å². The summed E-state index contributed by atoms with van der Waals surface area (Å²) in [5.74, 6) is 2.35. The smallest absolute Gasteiger partial charge is 0.213 e. The molecule has 150 valence electrons. The highest BCUT2D eigenvalue weighted by Crippen LogP contribution is 2.38. The third-order valence-corrected chi connectivity index (χ3v) is 6.22. The fraction of sp³-hybridized carbons (Fsp3) is 0.391. The van der Waals surface area contributed by atoms with Gasteiger partial charge < -0.3 is 15.0 Å². The summed E-state index contributed by atoms with van der Waals surface area (Å²) in [6.45, 7) is 2.35. The van der Waals surface area contributed by atoms with Crippen molar-refractivity contribution in [2.45, 2.75) is 38.3 Å². The largest absolute Gasteiger partial charge is 0.474 e. The molecule has 3 aliphatic rings. The lowest BCUT2D eigenvalue weighted by molar-refractivity contribution is 0.133. The van der Waals surface area contributed by atoms with Crippen LogP contribution < -0.4 is 15.0 Å². The van der Waals surface area contributed by atoms with Crippen molar-refractivity contribution >= 4 is 23.1 Å². The van der Waals surface area contributed by atoms with Gasteiger partial charge in [-0.1, -0.05) is 17.7 Å². The number of pyridine rings is 1. The number of halogens is 1. The summed E-state index contributed by atoms with van der Waals surface area (Å²) in [6, 6.07) is 12.0. The second-order valence-corrected chi connectivity index (χ2v) is 8.29. The van der Waals surface area contributed by atoms with Gasteiger partial charge in [0.25, 0.3) is 0 Å². The molecule has 0 spiro atoms. The third kappa shape index (κ3) is 3.89. The van der Waals surface area contributed by atoms with Crippen molar-refractivity contribution in [1.29, 1.82) is 0 Å². The minimum absolute atomic E-state index is 0.246. The summed E-state index contributed by atoms with van der Waals surface area (Å²) in [5.41, 5.74) is 3.82. The first-order valence-electron chi connectivity index (χ1n) is 10.4. The van der Waals surface area contributed by atoms with Crippen LogP contribution in [0, 0.1) is 5.92 Å². The van der Waals surface area contributed by atoms with Crippen LogP contribution in [0.5, 0.6) is 5.88 Å². The quantitative estimate of drug-likeness (QED) is 0.807. The van der Waals surface area contributed by atoms with Crippen LogP contribution in [0.2, 0.25) is 5.02 Å². The number of rotatable bonds is 3. The average Bonchev–Trinajstić information content (AvgIpc) is 2.94. The van der Waals surface area contributed by atoms with E-state index in [0.717, 1.165) is 62.1 Å². The van der Waals surface area contributed by atoms with Crippen molar-refractivity contribution in [2.75, 3.05) is 18.0 Å². The Morgan fingerprint density at radius 2 is 1.97 bits per heavy atom. The molecule has 5 nitrogen and oxygen atoms in total. The first-order chi connectivity index (χ1) is 14.3. The van der Waals surface area contributed by atoms with E-state index in [1.54, 1.807) is 6.20 Å². The Balaban J connectivity index is 1.34. The number of nitrogens with zero attached hydrogens (tertiary/aromatic N) is 3. The van der Waals surface area contributed by atoms with Gasteiger partial charge >= 0.3 is 0 Å². The molecule has 1 aromatic carbocycles. The van der Waals surface area contributed by atoms with E-state index in [9.17, 15) is 0 Å². The highest BCUT2D eigenvalue weighted by Gasteiger charge is 2.33. The molecule has 0 radical (unpaired) electrons. The summed E-state index contributed by atoms with van der Waals surface area (Å²) in [6.07, 6.45) is 8.65. The molecule has 0 unspecified atom stereocenters. The highest BCUT2D eigenvalue weighted by atomic mass is 35.5. The molecular formula is C23H25ClN4O. The van der Waals surface area contributed by atoms with Crippen molar-refractivity contribution in [1.82, 2.24) is 10.3 Å². The molecule has 2 aliphatic heterocycles. The molecule has 2 aromatic rings. The standard InChI is InChI=1S/C23H25ClN4O/c24-18-6-9-20-17(13-18)14-25-15-22-26-12-10-21(28(20)22)16-4-7-19(8-5-16)29-23-3-1-2-11-27-23/h1-3,6,9-11,13,16,19,25H,4-5,7-8,12,14-15H2. The van der Waals surface area contributed by atoms with E-state index in [-0.39, 0.29) is 6.10 Å². The van der Waals surface area contributed by atoms with Crippen LogP contribution in [0.25, 0.3) is 0 Å². The molecule has 1 fully saturated rings. The zero-order chi connectivity index (χ0) is 19.6. The molecule has 1 N–H and O–H groups in total. The maximum absolute atomic E-state index is 6.26. The van der Waals surface area contributed by atoms with Crippen LogP contribution in [0.4, 0.5) is 5.69 Å². The van der Waals surface area contributed by atoms with E-state index >= 15 is 0 Å².